The number of hydrogen-bond donors (Lipinski definition) is 2. The van der Waals surface area contributed by atoms with Gasteiger partial charge in [0.25, 0.3) is 11.8 Å². The zero-order chi connectivity index (χ0) is 20.3. The van der Waals surface area contributed by atoms with Crippen molar-refractivity contribution in [3.05, 3.63) is 23.5 Å². The Morgan fingerprint density at radius 1 is 1.11 bits per heavy atom. The Balaban J connectivity index is 1.70. The van der Waals surface area contributed by atoms with Gasteiger partial charge in [0.2, 0.25) is 0 Å². The molecule has 0 atom stereocenters. The summed E-state index contributed by atoms with van der Waals surface area (Å²) in [6.07, 6.45) is 6.06. The van der Waals surface area contributed by atoms with Crippen LogP contribution in [0.5, 0.6) is 0 Å². The van der Waals surface area contributed by atoms with E-state index in [0.29, 0.717) is 24.1 Å². The number of likely N-dealkylation sites (tertiary alicyclic amines) is 1. The molecule has 1 aromatic heterocycles. The first-order chi connectivity index (χ1) is 13.4. The first-order valence-corrected chi connectivity index (χ1v) is 10.1. The molecule has 0 aromatic carbocycles. The lowest BCUT2D eigenvalue weighted by molar-refractivity contribution is -0.131. The van der Waals surface area contributed by atoms with Crippen LogP contribution in [-0.2, 0) is 4.79 Å². The largest absolute Gasteiger partial charge is 0.356 e. The first kappa shape index (κ1) is 20.1. The van der Waals surface area contributed by atoms with E-state index in [1.165, 1.54) is 12.3 Å². The van der Waals surface area contributed by atoms with Gasteiger partial charge in [-0.1, -0.05) is 26.7 Å². The van der Waals surface area contributed by atoms with Crippen LogP contribution in [0.3, 0.4) is 0 Å². The molecule has 8 nitrogen and oxygen atoms in total. The fraction of sp³-hybridized carbons (Fsp3) is 0.600. The number of H-pyrrole nitrogens is 1. The van der Waals surface area contributed by atoms with Gasteiger partial charge in [0.05, 0.1) is 6.54 Å². The van der Waals surface area contributed by atoms with Crippen LogP contribution in [0.15, 0.2) is 12.3 Å². The zero-order valence-corrected chi connectivity index (χ0v) is 16.5. The minimum atomic E-state index is -0.907. The smallest absolute Gasteiger partial charge is 0.325 e. The molecule has 152 valence electrons. The highest BCUT2D eigenvalue weighted by Gasteiger charge is 2.50. The van der Waals surface area contributed by atoms with Crippen molar-refractivity contribution in [3.63, 3.8) is 0 Å². The van der Waals surface area contributed by atoms with Gasteiger partial charge >= 0.3 is 6.03 Å². The Labute approximate surface area is 164 Å². The first-order valence-electron chi connectivity index (χ1n) is 10.1. The predicted octanol–water partition coefficient (Wildman–Crippen LogP) is 2.32. The Hall–Kier alpha value is -2.64. The molecule has 1 aromatic rings. The maximum atomic E-state index is 12.9. The molecule has 4 amide bonds. The summed E-state index contributed by atoms with van der Waals surface area (Å²) in [6.45, 7) is 5.04. The number of aromatic amines is 1. The predicted molar refractivity (Wildman–Crippen MR) is 103 cm³/mol. The molecule has 0 saturated carbocycles. The van der Waals surface area contributed by atoms with E-state index in [9.17, 15) is 19.2 Å². The number of urea groups is 1. The number of imide groups is 1. The highest BCUT2D eigenvalue weighted by atomic mass is 16.2. The Bertz CT molecular complexity index is 773. The zero-order valence-electron chi connectivity index (χ0n) is 16.5. The van der Waals surface area contributed by atoms with Gasteiger partial charge in [-0.05, 0) is 31.7 Å². The summed E-state index contributed by atoms with van der Waals surface area (Å²) in [5.41, 5.74) is -0.254. The van der Waals surface area contributed by atoms with Gasteiger partial charge in [-0.3, -0.25) is 19.3 Å². The van der Waals surface area contributed by atoms with Crippen LogP contribution in [0, 0.1) is 0 Å². The Morgan fingerprint density at radius 2 is 1.75 bits per heavy atom. The lowest BCUT2D eigenvalue weighted by Crippen LogP contribution is -2.47. The minimum absolute atomic E-state index is 0.128. The molecule has 28 heavy (non-hydrogen) atoms. The molecule has 2 saturated heterocycles. The molecule has 0 radical (unpaired) electrons. The number of hydrogen-bond acceptors (Lipinski definition) is 4. The number of nitrogens with one attached hydrogen (secondary N) is 2. The van der Waals surface area contributed by atoms with E-state index in [4.69, 9.17) is 0 Å². The van der Waals surface area contributed by atoms with Crippen molar-refractivity contribution in [2.45, 2.75) is 57.9 Å². The van der Waals surface area contributed by atoms with Crippen molar-refractivity contribution in [3.8, 4) is 0 Å². The van der Waals surface area contributed by atoms with Crippen molar-refractivity contribution >= 4 is 23.6 Å². The lowest BCUT2D eigenvalue weighted by Gasteiger charge is -2.25. The van der Waals surface area contributed by atoms with E-state index in [2.05, 4.69) is 10.3 Å². The van der Waals surface area contributed by atoms with Gasteiger partial charge in [0, 0.05) is 24.8 Å². The van der Waals surface area contributed by atoms with Crippen molar-refractivity contribution in [1.29, 1.82) is 0 Å². The second-order valence-electron chi connectivity index (χ2n) is 7.63. The third-order valence-corrected chi connectivity index (χ3v) is 5.53. The van der Waals surface area contributed by atoms with Gasteiger partial charge in [-0.25, -0.2) is 4.79 Å². The van der Waals surface area contributed by atoms with Gasteiger partial charge in [0.1, 0.15) is 11.2 Å². The van der Waals surface area contributed by atoms with E-state index in [-0.39, 0.29) is 24.1 Å². The summed E-state index contributed by atoms with van der Waals surface area (Å²) in [6, 6.07) is 0.983. The molecule has 2 N–H and O–H groups in total. The summed E-state index contributed by atoms with van der Waals surface area (Å²) >= 11 is 0. The maximum Gasteiger partial charge on any atom is 0.325 e. The molecule has 2 aliphatic rings. The lowest BCUT2D eigenvalue weighted by atomic mass is 9.88. The molecule has 3 heterocycles. The highest BCUT2D eigenvalue weighted by Crippen LogP contribution is 2.28. The summed E-state index contributed by atoms with van der Waals surface area (Å²) in [5.74, 6) is -0.834. The minimum Gasteiger partial charge on any atom is -0.356 e. The molecular weight excluding hydrogens is 360 g/mol. The third kappa shape index (κ3) is 3.68. The Kier molecular flexibility index (Phi) is 5.86. The number of amides is 4. The van der Waals surface area contributed by atoms with Gasteiger partial charge in [-0.15, -0.1) is 0 Å². The molecule has 0 unspecified atom stereocenters. The third-order valence-electron chi connectivity index (χ3n) is 5.53. The SMILES string of the molecule is CCCC1(CCC)NC(=O)N(CC(=O)c2c[nH]c(C(=O)N3CCCC3)c2)C1=O. The summed E-state index contributed by atoms with van der Waals surface area (Å²) in [4.78, 5) is 55.9. The molecule has 2 aliphatic heterocycles. The van der Waals surface area contributed by atoms with Gasteiger partial charge in [-0.2, -0.15) is 0 Å². The maximum absolute atomic E-state index is 12.9. The molecule has 0 bridgehead atoms. The molecule has 3 rings (SSSR count). The molecule has 0 spiro atoms. The molecule has 8 heteroatoms. The van der Waals surface area contributed by atoms with E-state index in [1.54, 1.807) is 4.90 Å². The van der Waals surface area contributed by atoms with Crippen LogP contribution in [0.25, 0.3) is 0 Å². The topological polar surface area (TPSA) is 103 Å². The van der Waals surface area contributed by atoms with E-state index in [1.807, 2.05) is 13.8 Å². The van der Waals surface area contributed by atoms with Crippen LogP contribution in [-0.4, -0.2) is 63.6 Å². The van der Waals surface area contributed by atoms with Crippen LogP contribution in [0.1, 0.15) is 73.2 Å². The highest BCUT2D eigenvalue weighted by molar-refractivity contribution is 6.11. The van der Waals surface area contributed by atoms with Crippen molar-refractivity contribution < 1.29 is 19.2 Å². The average molecular weight is 388 g/mol. The number of aromatic nitrogens is 1. The number of rotatable bonds is 8. The van der Waals surface area contributed by atoms with Gasteiger partial charge in [0.15, 0.2) is 5.78 Å². The van der Waals surface area contributed by atoms with Crippen LogP contribution in [0.2, 0.25) is 0 Å². The van der Waals surface area contributed by atoms with E-state index >= 15 is 0 Å². The monoisotopic (exact) mass is 388 g/mol. The summed E-state index contributed by atoms with van der Waals surface area (Å²) < 4.78 is 0. The second-order valence-corrected chi connectivity index (χ2v) is 7.63. The molecule has 0 aliphatic carbocycles. The molecular formula is C20H28N4O4. The normalized spacial score (nSPS) is 18.6. The quantitative estimate of drug-likeness (QED) is 0.527. The Morgan fingerprint density at radius 3 is 2.36 bits per heavy atom. The van der Waals surface area contributed by atoms with Crippen LogP contribution >= 0.6 is 0 Å². The van der Waals surface area contributed by atoms with Crippen molar-refractivity contribution in [2.75, 3.05) is 19.6 Å². The van der Waals surface area contributed by atoms with Crippen molar-refractivity contribution in [1.82, 2.24) is 20.1 Å². The van der Waals surface area contributed by atoms with Crippen LogP contribution in [0.4, 0.5) is 4.79 Å². The summed E-state index contributed by atoms with van der Waals surface area (Å²) in [7, 11) is 0. The number of nitrogens with zero attached hydrogens (tertiary/aromatic N) is 2. The second kappa shape index (κ2) is 8.16. The number of Topliss-reactive ketones (excluding diaryl/α,β-unsaturated/α-hetero) is 1. The number of carbonyl (C=O) groups is 4. The van der Waals surface area contributed by atoms with E-state index in [0.717, 1.165) is 43.7 Å². The van der Waals surface area contributed by atoms with E-state index < -0.39 is 11.6 Å². The van der Waals surface area contributed by atoms with Crippen molar-refractivity contribution in [2.24, 2.45) is 0 Å². The van der Waals surface area contributed by atoms with Gasteiger partial charge < -0.3 is 15.2 Å². The fourth-order valence-electron chi connectivity index (χ4n) is 4.14. The summed E-state index contributed by atoms with van der Waals surface area (Å²) in [5, 5.41) is 2.80. The molecule has 2 fully saturated rings. The average Bonchev–Trinajstić information content (AvgIpc) is 3.40. The number of ketones is 1. The number of carbonyl (C=O) groups excluding carboxylic acids is 4. The fourth-order valence-corrected chi connectivity index (χ4v) is 4.14. The standard InChI is InChI=1S/C20H28N4O4/c1-3-7-20(8-4-2)18(27)24(19(28)22-20)13-16(25)14-11-15(21-12-14)17(26)23-9-5-6-10-23/h11-12,21H,3-10,13H2,1-2H3,(H,22,28). The van der Waals surface area contributed by atoms with Crippen LogP contribution < -0.4 is 5.32 Å².